The molecule has 2 atom stereocenters. The van der Waals surface area contributed by atoms with Crippen molar-refractivity contribution in [2.45, 2.75) is 45.0 Å². The van der Waals surface area contributed by atoms with Crippen molar-refractivity contribution in [1.29, 1.82) is 0 Å². The van der Waals surface area contributed by atoms with Crippen molar-refractivity contribution in [2.24, 2.45) is 5.73 Å². The summed E-state index contributed by atoms with van der Waals surface area (Å²) in [6.45, 7) is 5.45. The molecule has 0 radical (unpaired) electrons. The fourth-order valence-electron chi connectivity index (χ4n) is 1.84. The first kappa shape index (κ1) is 11.7. The van der Waals surface area contributed by atoms with Gasteiger partial charge in [0.25, 0.3) is 0 Å². The van der Waals surface area contributed by atoms with E-state index in [1.165, 1.54) is 0 Å². The van der Waals surface area contributed by atoms with Crippen LogP contribution in [0.5, 0.6) is 0 Å². The maximum atomic E-state index is 5.70. The first-order chi connectivity index (χ1) is 6.72. The average molecular weight is 199 g/mol. The Morgan fingerprint density at radius 3 is 2.50 bits per heavy atom. The molecule has 14 heavy (non-hydrogen) atoms. The molecule has 0 aromatic heterocycles. The van der Waals surface area contributed by atoms with Crippen molar-refractivity contribution in [3.05, 3.63) is 12.2 Å². The van der Waals surface area contributed by atoms with Gasteiger partial charge in [-0.25, -0.2) is 0 Å². The second-order valence-corrected chi connectivity index (χ2v) is 3.89. The van der Waals surface area contributed by atoms with Gasteiger partial charge in [0, 0.05) is 6.54 Å². The summed E-state index contributed by atoms with van der Waals surface area (Å²) in [5.41, 5.74) is 5.33. The number of ether oxygens (including phenoxy) is 2. The Labute approximate surface area is 86.3 Å². The van der Waals surface area contributed by atoms with Gasteiger partial charge in [-0.15, -0.1) is 0 Å². The molecule has 0 aromatic rings. The van der Waals surface area contributed by atoms with Crippen LogP contribution >= 0.6 is 0 Å². The van der Waals surface area contributed by atoms with Crippen molar-refractivity contribution in [1.82, 2.24) is 0 Å². The van der Waals surface area contributed by atoms with Crippen molar-refractivity contribution in [2.75, 3.05) is 13.2 Å². The second kappa shape index (κ2) is 6.17. The van der Waals surface area contributed by atoms with E-state index in [1.807, 2.05) is 12.2 Å². The highest BCUT2D eigenvalue weighted by molar-refractivity contribution is 4.83. The summed E-state index contributed by atoms with van der Waals surface area (Å²) >= 11 is 0. The van der Waals surface area contributed by atoms with E-state index in [-0.39, 0.29) is 0 Å². The zero-order chi connectivity index (χ0) is 10.4. The number of nitrogens with two attached hydrogens (primary N) is 1. The van der Waals surface area contributed by atoms with Crippen LogP contribution < -0.4 is 5.73 Å². The Morgan fingerprint density at radius 2 is 1.93 bits per heavy atom. The number of rotatable bonds is 4. The van der Waals surface area contributed by atoms with Gasteiger partial charge in [-0.2, -0.15) is 0 Å². The van der Waals surface area contributed by atoms with Crippen molar-refractivity contribution < 1.29 is 9.47 Å². The molecule has 1 rings (SSSR count). The van der Waals surface area contributed by atoms with Crippen molar-refractivity contribution >= 4 is 0 Å². The van der Waals surface area contributed by atoms with Crippen LogP contribution in [0, 0.1) is 0 Å². The Balaban J connectivity index is 2.20. The minimum atomic E-state index is 0.322. The molecule has 0 amide bonds. The van der Waals surface area contributed by atoms with E-state index in [1.54, 1.807) is 0 Å². The standard InChI is InChI=1S/C11H21NO2/c1-9-7-11(8-10(2)14-9)13-6-4-3-5-12/h3-4,9-11H,5-8,12H2,1-2H3/b4-3+. The highest BCUT2D eigenvalue weighted by Gasteiger charge is 2.24. The molecular formula is C11H21NO2. The van der Waals surface area contributed by atoms with Gasteiger partial charge in [0.15, 0.2) is 0 Å². The molecule has 0 aromatic carbocycles. The van der Waals surface area contributed by atoms with Crippen LogP contribution in [0.25, 0.3) is 0 Å². The fraction of sp³-hybridized carbons (Fsp3) is 0.818. The fourth-order valence-corrected chi connectivity index (χ4v) is 1.84. The lowest BCUT2D eigenvalue weighted by molar-refractivity contribution is -0.0968. The smallest absolute Gasteiger partial charge is 0.0651 e. The van der Waals surface area contributed by atoms with Gasteiger partial charge >= 0.3 is 0 Å². The number of hydrogen-bond donors (Lipinski definition) is 1. The molecule has 1 aliphatic heterocycles. The maximum Gasteiger partial charge on any atom is 0.0651 e. The zero-order valence-corrected chi connectivity index (χ0v) is 9.11. The molecule has 1 fully saturated rings. The first-order valence-electron chi connectivity index (χ1n) is 5.34. The van der Waals surface area contributed by atoms with Crippen LogP contribution in [0.3, 0.4) is 0 Å². The molecule has 2 unspecified atom stereocenters. The summed E-state index contributed by atoms with van der Waals surface area (Å²) in [5, 5.41) is 0. The summed E-state index contributed by atoms with van der Waals surface area (Å²) in [7, 11) is 0. The van der Waals surface area contributed by atoms with E-state index in [2.05, 4.69) is 13.8 Å². The Bertz CT molecular complexity index is 172. The van der Waals surface area contributed by atoms with E-state index in [9.17, 15) is 0 Å². The van der Waals surface area contributed by atoms with Crippen LogP contribution in [0.1, 0.15) is 26.7 Å². The second-order valence-electron chi connectivity index (χ2n) is 3.89. The van der Waals surface area contributed by atoms with E-state index in [0.29, 0.717) is 31.5 Å². The lowest BCUT2D eigenvalue weighted by Crippen LogP contribution is -2.34. The molecule has 1 heterocycles. The summed E-state index contributed by atoms with van der Waals surface area (Å²) in [5.74, 6) is 0. The maximum absolute atomic E-state index is 5.70. The third-order valence-electron chi connectivity index (χ3n) is 2.39. The van der Waals surface area contributed by atoms with Crippen LogP contribution in [-0.4, -0.2) is 31.5 Å². The lowest BCUT2D eigenvalue weighted by atomic mass is 10.0. The van der Waals surface area contributed by atoms with E-state index in [0.717, 1.165) is 12.8 Å². The topological polar surface area (TPSA) is 44.5 Å². The summed E-state index contributed by atoms with van der Waals surface area (Å²) in [6, 6.07) is 0. The molecule has 3 heteroatoms. The SMILES string of the molecule is CC1CC(OC/C=C/CN)CC(C)O1. The predicted octanol–water partition coefficient (Wildman–Crippen LogP) is 1.47. The van der Waals surface area contributed by atoms with Gasteiger partial charge in [-0.1, -0.05) is 12.2 Å². The van der Waals surface area contributed by atoms with Gasteiger partial charge in [-0.05, 0) is 26.7 Å². The van der Waals surface area contributed by atoms with E-state index < -0.39 is 0 Å². The molecule has 0 bridgehead atoms. The highest BCUT2D eigenvalue weighted by atomic mass is 16.5. The zero-order valence-electron chi connectivity index (χ0n) is 9.11. The van der Waals surface area contributed by atoms with Gasteiger partial charge < -0.3 is 15.2 Å². The minimum absolute atomic E-state index is 0.322. The minimum Gasteiger partial charge on any atom is -0.375 e. The number of hydrogen-bond acceptors (Lipinski definition) is 3. The Morgan fingerprint density at radius 1 is 1.29 bits per heavy atom. The van der Waals surface area contributed by atoms with Crippen molar-refractivity contribution in [3.8, 4) is 0 Å². The third-order valence-corrected chi connectivity index (χ3v) is 2.39. The third kappa shape index (κ3) is 4.22. The molecule has 82 valence electrons. The van der Waals surface area contributed by atoms with E-state index in [4.69, 9.17) is 15.2 Å². The molecule has 1 saturated heterocycles. The van der Waals surface area contributed by atoms with Crippen LogP contribution in [0.4, 0.5) is 0 Å². The van der Waals surface area contributed by atoms with Crippen LogP contribution in [0.15, 0.2) is 12.2 Å². The van der Waals surface area contributed by atoms with E-state index >= 15 is 0 Å². The predicted molar refractivity (Wildman–Crippen MR) is 57.2 cm³/mol. The lowest BCUT2D eigenvalue weighted by Gasteiger charge is -2.31. The summed E-state index contributed by atoms with van der Waals surface area (Å²) < 4.78 is 11.3. The molecule has 3 nitrogen and oxygen atoms in total. The van der Waals surface area contributed by atoms with Crippen molar-refractivity contribution in [3.63, 3.8) is 0 Å². The van der Waals surface area contributed by atoms with Gasteiger partial charge in [-0.3, -0.25) is 0 Å². The largest absolute Gasteiger partial charge is 0.375 e. The molecule has 0 aliphatic carbocycles. The molecular weight excluding hydrogens is 178 g/mol. The molecule has 1 aliphatic rings. The quantitative estimate of drug-likeness (QED) is 0.697. The van der Waals surface area contributed by atoms with Crippen LogP contribution in [0.2, 0.25) is 0 Å². The van der Waals surface area contributed by atoms with Crippen LogP contribution in [-0.2, 0) is 9.47 Å². The highest BCUT2D eigenvalue weighted by Crippen LogP contribution is 2.21. The average Bonchev–Trinajstić information content (AvgIpc) is 2.11. The molecule has 0 spiro atoms. The normalized spacial score (nSPS) is 33.8. The Kier molecular flexibility index (Phi) is 5.15. The molecule has 2 N–H and O–H groups in total. The van der Waals surface area contributed by atoms with Gasteiger partial charge in [0.1, 0.15) is 0 Å². The molecule has 0 saturated carbocycles. The first-order valence-corrected chi connectivity index (χ1v) is 5.34. The van der Waals surface area contributed by atoms with Gasteiger partial charge in [0.05, 0.1) is 24.9 Å². The monoisotopic (exact) mass is 199 g/mol. The summed E-state index contributed by atoms with van der Waals surface area (Å²) in [6.07, 6.45) is 6.89. The Hall–Kier alpha value is -0.380. The van der Waals surface area contributed by atoms with Gasteiger partial charge in [0.2, 0.25) is 0 Å². The summed E-state index contributed by atoms with van der Waals surface area (Å²) in [4.78, 5) is 0.